The Kier molecular flexibility index (Phi) is 9.31. The van der Waals surface area contributed by atoms with Crippen LogP contribution in [0.4, 0.5) is 0 Å². The number of H-pyrrole nitrogens is 1. The molecule has 3 aliphatic heterocycles. The molecule has 0 spiro atoms. The number of Topliss-reactive ketones (excluding diaryl/α,β-unsaturated/α-hetero) is 1. The Balaban J connectivity index is 1.02. The predicted molar refractivity (Wildman–Crippen MR) is 189 cm³/mol. The van der Waals surface area contributed by atoms with Gasteiger partial charge in [-0.2, -0.15) is 0 Å². The first kappa shape index (κ1) is 32.7. The smallest absolute Gasteiger partial charge is 0.254 e. The molecule has 0 saturated carbocycles. The Labute approximate surface area is 287 Å². The quantitative estimate of drug-likeness (QED) is 0.288. The lowest BCUT2D eigenvalue weighted by Gasteiger charge is -2.43. The number of likely N-dealkylation sites (tertiary alicyclic amines) is 2. The minimum atomic E-state index is -0.0220. The minimum absolute atomic E-state index is 0.0190. The highest BCUT2D eigenvalue weighted by Gasteiger charge is 2.34. The van der Waals surface area contributed by atoms with Crippen LogP contribution in [0.5, 0.6) is 0 Å². The maximum atomic E-state index is 14.1. The Morgan fingerprint density at radius 3 is 2.02 bits per heavy atom. The number of rotatable bonds is 6. The summed E-state index contributed by atoms with van der Waals surface area (Å²) in [7, 11) is 0. The third kappa shape index (κ3) is 7.01. The zero-order valence-electron chi connectivity index (χ0n) is 28.4. The highest BCUT2D eigenvalue weighted by Crippen LogP contribution is 2.29. The normalized spacial score (nSPS) is 18.2. The Bertz CT molecular complexity index is 1880. The maximum absolute atomic E-state index is 14.1. The van der Waals surface area contributed by atoms with E-state index in [4.69, 9.17) is 4.98 Å². The monoisotopic (exact) mass is 660 g/mol. The SMILES string of the molecule is CC(=O)c1cccc(-c2cc(C(=O)N3CCN(C4CCN(C(=O)C5CCN(C(C)=O)CC5)CC4)CC3)cc(-c3ccc4[nH]ccc4c3)n2)c1. The van der Waals surface area contributed by atoms with Gasteiger partial charge in [0.2, 0.25) is 11.8 Å². The van der Waals surface area contributed by atoms with Crippen LogP contribution >= 0.6 is 0 Å². The van der Waals surface area contributed by atoms with Gasteiger partial charge in [0.15, 0.2) is 5.78 Å². The molecule has 3 aliphatic rings. The fraction of sp³-hybridized carbons (Fsp3) is 0.410. The van der Waals surface area contributed by atoms with Gasteiger partial charge in [-0.3, -0.25) is 24.1 Å². The molecule has 0 unspecified atom stereocenters. The highest BCUT2D eigenvalue weighted by atomic mass is 16.2. The lowest BCUT2D eigenvalue weighted by atomic mass is 9.93. The molecule has 0 aliphatic carbocycles. The number of carbonyl (C=O) groups excluding carboxylic acids is 4. The second-order valence-corrected chi connectivity index (χ2v) is 13.7. The van der Waals surface area contributed by atoms with E-state index in [1.54, 1.807) is 19.9 Å². The van der Waals surface area contributed by atoms with Crippen LogP contribution in [-0.2, 0) is 9.59 Å². The van der Waals surface area contributed by atoms with E-state index in [2.05, 4.69) is 16.0 Å². The molecule has 10 heteroatoms. The number of fused-ring (bicyclic) bond motifs is 1. The molecule has 0 radical (unpaired) electrons. The van der Waals surface area contributed by atoms with E-state index in [9.17, 15) is 19.2 Å². The number of nitrogens with zero attached hydrogens (tertiary/aromatic N) is 5. The fourth-order valence-corrected chi connectivity index (χ4v) is 7.68. The zero-order valence-corrected chi connectivity index (χ0v) is 28.4. The van der Waals surface area contributed by atoms with E-state index in [0.717, 1.165) is 73.9 Å². The predicted octanol–water partition coefficient (Wildman–Crippen LogP) is 5.11. The molecule has 3 saturated heterocycles. The van der Waals surface area contributed by atoms with Gasteiger partial charge in [0.05, 0.1) is 11.4 Å². The fourth-order valence-electron chi connectivity index (χ4n) is 7.68. The van der Waals surface area contributed by atoms with Crippen LogP contribution in [0.15, 0.2) is 66.9 Å². The molecule has 4 aromatic rings. The van der Waals surface area contributed by atoms with Crippen LogP contribution in [0, 0.1) is 5.92 Å². The number of carbonyl (C=O) groups is 4. The molecule has 0 atom stereocenters. The molecule has 3 fully saturated rings. The molecule has 10 nitrogen and oxygen atoms in total. The van der Waals surface area contributed by atoms with Crippen LogP contribution in [0.1, 0.15) is 60.2 Å². The number of hydrogen-bond acceptors (Lipinski definition) is 6. The lowest BCUT2D eigenvalue weighted by Crippen LogP contribution is -2.55. The summed E-state index contributed by atoms with van der Waals surface area (Å²) in [6.45, 7) is 8.87. The van der Waals surface area contributed by atoms with Crippen molar-refractivity contribution >= 4 is 34.4 Å². The molecule has 254 valence electrons. The number of aromatic nitrogens is 2. The first-order valence-corrected chi connectivity index (χ1v) is 17.5. The Morgan fingerprint density at radius 2 is 1.35 bits per heavy atom. The summed E-state index contributed by atoms with van der Waals surface area (Å²) in [5, 5.41) is 1.07. The van der Waals surface area contributed by atoms with E-state index >= 15 is 0 Å². The number of piperidine rings is 2. The van der Waals surface area contributed by atoms with Crippen molar-refractivity contribution in [2.45, 2.75) is 45.6 Å². The summed E-state index contributed by atoms with van der Waals surface area (Å²) in [5.41, 5.74) is 5.30. The van der Waals surface area contributed by atoms with E-state index in [0.29, 0.717) is 54.7 Å². The maximum Gasteiger partial charge on any atom is 0.254 e. The van der Waals surface area contributed by atoms with Crippen molar-refractivity contribution in [3.8, 4) is 22.5 Å². The van der Waals surface area contributed by atoms with Gasteiger partial charge in [0, 0.05) is 111 Å². The van der Waals surface area contributed by atoms with Crippen LogP contribution in [0.25, 0.3) is 33.4 Å². The number of benzene rings is 2. The summed E-state index contributed by atoms with van der Waals surface area (Å²) < 4.78 is 0. The van der Waals surface area contributed by atoms with Gasteiger partial charge in [-0.1, -0.05) is 24.3 Å². The molecular formula is C39H44N6O4. The van der Waals surface area contributed by atoms with Crippen molar-refractivity contribution < 1.29 is 19.2 Å². The average molecular weight is 661 g/mol. The van der Waals surface area contributed by atoms with Crippen molar-refractivity contribution in [1.29, 1.82) is 0 Å². The first-order valence-electron chi connectivity index (χ1n) is 17.5. The largest absolute Gasteiger partial charge is 0.361 e. The molecule has 49 heavy (non-hydrogen) atoms. The van der Waals surface area contributed by atoms with Gasteiger partial charge >= 0.3 is 0 Å². The molecule has 5 heterocycles. The number of nitrogens with one attached hydrogen (secondary N) is 1. The topological polar surface area (TPSA) is 110 Å². The highest BCUT2D eigenvalue weighted by molar-refractivity contribution is 5.98. The van der Waals surface area contributed by atoms with E-state index in [-0.39, 0.29) is 29.4 Å². The van der Waals surface area contributed by atoms with Crippen LogP contribution in [0.2, 0.25) is 0 Å². The number of piperazine rings is 1. The van der Waals surface area contributed by atoms with Crippen molar-refractivity contribution in [3.63, 3.8) is 0 Å². The number of ketones is 1. The summed E-state index contributed by atoms with van der Waals surface area (Å²) in [4.78, 5) is 67.6. The van der Waals surface area contributed by atoms with E-state index in [1.165, 1.54) is 0 Å². The third-order valence-corrected chi connectivity index (χ3v) is 10.7. The number of amides is 3. The van der Waals surface area contributed by atoms with Gasteiger partial charge in [-0.25, -0.2) is 4.98 Å². The summed E-state index contributed by atoms with van der Waals surface area (Å²) >= 11 is 0. The zero-order chi connectivity index (χ0) is 34.1. The van der Waals surface area contributed by atoms with Crippen LogP contribution < -0.4 is 0 Å². The second-order valence-electron chi connectivity index (χ2n) is 13.7. The van der Waals surface area contributed by atoms with Crippen molar-refractivity contribution in [2.75, 3.05) is 52.4 Å². The molecule has 2 aromatic heterocycles. The lowest BCUT2D eigenvalue weighted by molar-refractivity contribution is -0.141. The van der Waals surface area contributed by atoms with E-state index < -0.39 is 0 Å². The summed E-state index contributed by atoms with van der Waals surface area (Å²) in [6.07, 6.45) is 5.29. The molecule has 7 rings (SSSR count). The van der Waals surface area contributed by atoms with Gasteiger partial charge in [0.1, 0.15) is 0 Å². The van der Waals surface area contributed by atoms with Gasteiger partial charge in [-0.15, -0.1) is 0 Å². The molecular weight excluding hydrogens is 616 g/mol. The number of hydrogen-bond donors (Lipinski definition) is 1. The van der Waals surface area contributed by atoms with Crippen molar-refractivity contribution in [1.82, 2.24) is 29.6 Å². The second kappa shape index (κ2) is 14.0. The molecule has 3 amide bonds. The Hall–Kier alpha value is -4.83. The van der Waals surface area contributed by atoms with Gasteiger partial charge in [0.25, 0.3) is 5.91 Å². The van der Waals surface area contributed by atoms with Gasteiger partial charge < -0.3 is 19.7 Å². The van der Waals surface area contributed by atoms with Crippen LogP contribution in [-0.4, -0.2) is 111 Å². The molecule has 2 aromatic carbocycles. The van der Waals surface area contributed by atoms with Gasteiger partial charge in [-0.05, 0) is 69.0 Å². The summed E-state index contributed by atoms with van der Waals surface area (Å²) in [6, 6.07) is 19.7. The third-order valence-electron chi connectivity index (χ3n) is 10.7. The minimum Gasteiger partial charge on any atom is -0.361 e. The first-order chi connectivity index (χ1) is 23.7. The number of pyridine rings is 1. The van der Waals surface area contributed by atoms with E-state index in [1.807, 2.05) is 69.4 Å². The molecule has 1 N–H and O–H groups in total. The van der Waals surface area contributed by atoms with Crippen molar-refractivity contribution in [3.05, 3.63) is 78.0 Å². The average Bonchev–Trinajstić information content (AvgIpc) is 3.62. The molecule has 0 bridgehead atoms. The summed E-state index contributed by atoms with van der Waals surface area (Å²) in [5.74, 6) is 0.311. The Morgan fingerprint density at radius 1 is 0.673 bits per heavy atom. The standard InChI is InChI=1S/C39H44N6O4/c1-26(46)29-4-3-5-30(22-29)36-24-33(25-37(41-36)31-6-7-35-32(23-31)8-13-40-35)39(49)45-20-18-43(19-21-45)34-11-16-44(17-12-34)38(48)28-9-14-42(15-10-28)27(2)47/h3-8,13,22-25,28,34,40H,9-12,14-21H2,1-2H3. The van der Waals surface area contributed by atoms with Crippen molar-refractivity contribution in [2.24, 2.45) is 5.92 Å². The number of aromatic amines is 1. The van der Waals surface area contributed by atoms with Crippen LogP contribution in [0.3, 0.4) is 0 Å².